The maximum Gasteiger partial charge on any atom is 0.236 e. The molecule has 156 valence electrons. The van der Waals surface area contributed by atoms with Crippen molar-refractivity contribution in [1.82, 2.24) is 24.6 Å². The van der Waals surface area contributed by atoms with Gasteiger partial charge in [-0.05, 0) is 30.7 Å². The number of hydrogen-bond acceptors (Lipinski definition) is 8. The molecule has 0 aromatic carbocycles. The van der Waals surface area contributed by atoms with Crippen molar-refractivity contribution in [2.24, 2.45) is 5.92 Å². The summed E-state index contributed by atoms with van der Waals surface area (Å²) in [5, 5.41) is 16.1. The molecule has 7 nitrogen and oxygen atoms in total. The third-order valence-electron chi connectivity index (χ3n) is 5.32. The molecular weight excluding hydrogens is 436 g/mol. The molecule has 0 saturated carbocycles. The number of carbonyl (C=O) groups is 1. The third kappa shape index (κ3) is 3.50. The summed E-state index contributed by atoms with van der Waals surface area (Å²) in [5.41, 5.74) is 2.27. The SMILES string of the molecule is CC1CCc2c(sc3nc(C(C)C)n4c(SCC(=O)Nc5nccs5)nnc4c23)C1. The first-order valence-electron chi connectivity index (χ1n) is 10.0. The van der Waals surface area contributed by atoms with Crippen LogP contribution < -0.4 is 5.32 Å². The predicted molar refractivity (Wildman–Crippen MR) is 123 cm³/mol. The topological polar surface area (TPSA) is 85.1 Å². The fraction of sp³-hybridized carbons (Fsp3) is 0.450. The Morgan fingerprint density at radius 3 is 3.03 bits per heavy atom. The Morgan fingerprint density at radius 2 is 2.27 bits per heavy atom. The monoisotopic (exact) mass is 458 g/mol. The average Bonchev–Trinajstić information content (AvgIpc) is 3.43. The van der Waals surface area contributed by atoms with E-state index in [1.54, 1.807) is 6.20 Å². The number of carbonyl (C=O) groups excluding carboxylic acids is 1. The zero-order chi connectivity index (χ0) is 20.8. The summed E-state index contributed by atoms with van der Waals surface area (Å²) >= 11 is 4.60. The zero-order valence-electron chi connectivity index (χ0n) is 17.0. The number of aryl methyl sites for hydroxylation is 1. The van der Waals surface area contributed by atoms with Crippen LogP contribution in [0.2, 0.25) is 0 Å². The van der Waals surface area contributed by atoms with Gasteiger partial charge in [-0.3, -0.25) is 9.20 Å². The van der Waals surface area contributed by atoms with Crippen LogP contribution in [0.1, 0.15) is 49.4 Å². The van der Waals surface area contributed by atoms with Crippen LogP contribution in [0, 0.1) is 5.92 Å². The lowest BCUT2D eigenvalue weighted by Gasteiger charge is -2.17. The largest absolute Gasteiger partial charge is 0.301 e. The first kappa shape index (κ1) is 19.9. The maximum absolute atomic E-state index is 12.3. The molecule has 0 bridgehead atoms. The maximum atomic E-state index is 12.3. The van der Waals surface area contributed by atoms with E-state index in [-0.39, 0.29) is 17.6 Å². The molecule has 4 aromatic rings. The van der Waals surface area contributed by atoms with Crippen LogP contribution in [-0.4, -0.2) is 36.2 Å². The number of rotatable bonds is 5. The van der Waals surface area contributed by atoms with Crippen molar-refractivity contribution < 1.29 is 4.79 Å². The molecule has 1 atom stereocenters. The Bertz CT molecular complexity index is 1230. The predicted octanol–water partition coefficient (Wildman–Crippen LogP) is 4.77. The molecule has 1 aliphatic carbocycles. The van der Waals surface area contributed by atoms with Crippen LogP contribution in [0.4, 0.5) is 5.13 Å². The molecule has 1 aliphatic rings. The summed E-state index contributed by atoms with van der Waals surface area (Å²) in [4.78, 5) is 24.0. The number of thioether (sulfide) groups is 1. The minimum absolute atomic E-state index is 0.103. The van der Waals surface area contributed by atoms with Crippen LogP contribution in [-0.2, 0) is 17.6 Å². The molecule has 1 N–H and O–H groups in total. The summed E-state index contributed by atoms with van der Waals surface area (Å²) < 4.78 is 2.05. The Balaban J connectivity index is 1.53. The molecule has 0 aliphatic heterocycles. The van der Waals surface area contributed by atoms with Crippen molar-refractivity contribution >= 4 is 61.3 Å². The number of hydrogen-bond donors (Lipinski definition) is 1. The van der Waals surface area contributed by atoms with Gasteiger partial charge in [0.05, 0.1) is 11.1 Å². The van der Waals surface area contributed by atoms with E-state index in [9.17, 15) is 4.79 Å². The molecule has 4 heterocycles. The van der Waals surface area contributed by atoms with Gasteiger partial charge in [0.25, 0.3) is 0 Å². The second kappa shape index (κ2) is 7.90. The smallest absolute Gasteiger partial charge is 0.236 e. The van der Waals surface area contributed by atoms with Gasteiger partial charge in [0.1, 0.15) is 10.7 Å². The normalized spacial score (nSPS) is 16.5. The highest BCUT2D eigenvalue weighted by atomic mass is 32.2. The third-order valence-corrected chi connectivity index (χ3v) is 8.09. The highest BCUT2D eigenvalue weighted by Gasteiger charge is 2.26. The van der Waals surface area contributed by atoms with Gasteiger partial charge in [-0.15, -0.1) is 32.9 Å². The lowest BCUT2D eigenvalue weighted by Crippen LogP contribution is -2.14. The van der Waals surface area contributed by atoms with Crippen molar-refractivity contribution in [1.29, 1.82) is 0 Å². The molecule has 5 rings (SSSR count). The quantitative estimate of drug-likeness (QED) is 0.434. The van der Waals surface area contributed by atoms with Crippen LogP contribution in [0.15, 0.2) is 16.7 Å². The summed E-state index contributed by atoms with van der Waals surface area (Å²) in [6, 6.07) is 0. The highest BCUT2D eigenvalue weighted by molar-refractivity contribution is 7.99. The highest BCUT2D eigenvalue weighted by Crippen LogP contribution is 2.40. The summed E-state index contributed by atoms with van der Waals surface area (Å²) in [7, 11) is 0. The van der Waals surface area contributed by atoms with Crippen LogP contribution in [0.5, 0.6) is 0 Å². The summed E-state index contributed by atoms with van der Waals surface area (Å²) in [5.74, 6) is 2.02. The fourth-order valence-electron chi connectivity index (χ4n) is 3.89. The van der Waals surface area contributed by atoms with Crippen molar-refractivity contribution in [2.75, 3.05) is 11.1 Å². The number of nitrogens with one attached hydrogen (secondary N) is 1. The molecule has 10 heteroatoms. The van der Waals surface area contributed by atoms with Crippen molar-refractivity contribution in [2.45, 2.75) is 51.1 Å². The minimum Gasteiger partial charge on any atom is -0.301 e. The second-order valence-corrected chi connectivity index (χ2v) is 10.9. The number of anilines is 1. The molecule has 0 saturated heterocycles. The van der Waals surface area contributed by atoms with Gasteiger partial charge < -0.3 is 5.32 Å². The van der Waals surface area contributed by atoms with E-state index >= 15 is 0 Å². The van der Waals surface area contributed by atoms with E-state index < -0.39 is 0 Å². The van der Waals surface area contributed by atoms with Gasteiger partial charge in [-0.1, -0.05) is 32.5 Å². The number of amides is 1. The van der Waals surface area contributed by atoms with E-state index in [1.165, 1.54) is 40.0 Å². The van der Waals surface area contributed by atoms with E-state index in [2.05, 4.69) is 45.7 Å². The molecule has 1 unspecified atom stereocenters. The number of fused-ring (bicyclic) bond motifs is 5. The van der Waals surface area contributed by atoms with Crippen molar-refractivity contribution in [3.63, 3.8) is 0 Å². The van der Waals surface area contributed by atoms with Gasteiger partial charge in [0.2, 0.25) is 5.91 Å². The number of thiophene rings is 1. The Morgan fingerprint density at radius 1 is 1.40 bits per heavy atom. The Labute approximate surface area is 186 Å². The van der Waals surface area contributed by atoms with Gasteiger partial charge in [-0.25, -0.2) is 9.97 Å². The molecule has 1 amide bonds. The summed E-state index contributed by atoms with van der Waals surface area (Å²) in [6.45, 7) is 6.58. The molecule has 0 fully saturated rings. The molecule has 0 spiro atoms. The van der Waals surface area contributed by atoms with E-state index in [1.807, 2.05) is 16.7 Å². The van der Waals surface area contributed by atoms with E-state index in [4.69, 9.17) is 4.98 Å². The Kier molecular flexibility index (Phi) is 5.24. The van der Waals surface area contributed by atoms with Gasteiger partial charge in [0, 0.05) is 22.4 Å². The van der Waals surface area contributed by atoms with Gasteiger partial charge in [0.15, 0.2) is 15.9 Å². The van der Waals surface area contributed by atoms with Crippen molar-refractivity contribution in [3.05, 3.63) is 27.8 Å². The second-order valence-electron chi connectivity index (χ2n) is 7.97. The fourth-order valence-corrected chi connectivity index (χ4v) is 6.56. The molecule has 30 heavy (non-hydrogen) atoms. The van der Waals surface area contributed by atoms with Crippen LogP contribution >= 0.6 is 34.4 Å². The van der Waals surface area contributed by atoms with Crippen LogP contribution in [0.25, 0.3) is 15.9 Å². The Hall–Kier alpha value is -2.04. The molecule has 0 radical (unpaired) electrons. The van der Waals surface area contributed by atoms with E-state index in [0.717, 1.165) is 34.5 Å². The van der Waals surface area contributed by atoms with Gasteiger partial charge in [-0.2, -0.15) is 0 Å². The molecule has 4 aromatic heterocycles. The van der Waals surface area contributed by atoms with Gasteiger partial charge >= 0.3 is 0 Å². The van der Waals surface area contributed by atoms with Crippen molar-refractivity contribution in [3.8, 4) is 0 Å². The first-order chi connectivity index (χ1) is 14.5. The summed E-state index contributed by atoms with van der Waals surface area (Å²) in [6.07, 6.45) is 5.06. The lowest BCUT2D eigenvalue weighted by atomic mass is 9.89. The zero-order valence-corrected chi connectivity index (χ0v) is 19.5. The van der Waals surface area contributed by atoms with E-state index in [0.29, 0.717) is 16.2 Å². The molecular formula is C20H22N6OS3. The first-order valence-corrected chi connectivity index (χ1v) is 12.7. The number of aromatic nitrogens is 5. The minimum atomic E-state index is -0.103. The average molecular weight is 459 g/mol. The standard InChI is InChI=1S/C20H22N6OS3/c1-10(2)16-23-18-15(12-5-4-11(3)8-13(12)30-18)17-24-25-20(26(16)17)29-9-14(27)22-19-21-6-7-28-19/h6-7,10-11H,4-5,8-9H2,1-3H3,(H,21,22,27). The lowest BCUT2D eigenvalue weighted by molar-refractivity contribution is -0.113. The number of nitrogens with zero attached hydrogens (tertiary/aromatic N) is 5. The number of thiazole rings is 1. The van der Waals surface area contributed by atoms with Crippen LogP contribution in [0.3, 0.4) is 0 Å².